The van der Waals surface area contributed by atoms with Gasteiger partial charge in [0, 0.05) is 12.1 Å². The largest absolute Gasteiger partial charge is 0.326 e. The number of nitrogens with zero attached hydrogens (tertiary/aromatic N) is 1. The van der Waals surface area contributed by atoms with E-state index in [1.54, 1.807) is 30.3 Å². The predicted molar refractivity (Wildman–Crippen MR) is 90.4 cm³/mol. The van der Waals surface area contributed by atoms with E-state index < -0.39 is 0 Å². The second-order valence-corrected chi connectivity index (χ2v) is 5.67. The van der Waals surface area contributed by atoms with Crippen LogP contribution in [0.1, 0.15) is 24.8 Å². The van der Waals surface area contributed by atoms with Crippen molar-refractivity contribution in [2.45, 2.75) is 19.3 Å². The maximum atomic E-state index is 12.9. The van der Waals surface area contributed by atoms with Crippen LogP contribution in [0, 0.1) is 5.82 Å². The summed E-state index contributed by atoms with van der Waals surface area (Å²) in [4.78, 5) is 30.5. The summed E-state index contributed by atoms with van der Waals surface area (Å²) in [6.07, 6.45) is 1.60. The summed E-state index contributed by atoms with van der Waals surface area (Å²) in [6, 6.07) is 11.1. The minimum absolute atomic E-state index is 0.0453. The molecule has 24 heavy (non-hydrogen) atoms. The number of nitrogens with one attached hydrogen (secondary N) is 2. The van der Waals surface area contributed by atoms with Gasteiger partial charge in [0.15, 0.2) is 0 Å². The van der Waals surface area contributed by atoms with Gasteiger partial charge < -0.3 is 10.3 Å². The van der Waals surface area contributed by atoms with Crippen LogP contribution in [0.15, 0.2) is 53.6 Å². The summed E-state index contributed by atoms with van der Waals surface area (Å²) in [7, 11) is 0. The van der Waals surface area contributed by atoms with Gasteiger partial charge in [-0.15, -0.1) is 0 Å². The van der Waals surface area contributed by atoms with Crippen molar-refractivity contribution in [2.75, 3.05) is 5.32 Å². The van der Waals surface area contributed by atoms with Crippen molar-refractivity contribution in [3.8, 4) is 0 Å². The number of anilines is 1. The van der Waals surface area contributed by atoms with Crippen molar-refractivity contribution in [3.05, 3.63) is 70.5 Å². The van der Waals surface area contributed by atoms with Crippen molar-refractivity contribution in [1.82, 2.24) is 9.97 Å². The first kappa shape index (κ1) is 15.9. The maximum absolute atomic E-state index is 12.9. The van der Waals surface area contributed by atoms with Gasteiger partial charge in [-0.1, -0.05) is 19.1 Å². The number of aromatic amines is 1. The molecule has 5 nitrogen and oxygen atoms in total. The molecule has 0 aliphatic carbocycles. The molecular formula is C18H16FN3O2. The van der Waals surface area contributed by atoms with Gasteiger partial charge in [-0.05, 0) is 41.8 Å². The number of carbonyl (C=O) groups is 1. The zero-order valence-electron chi connectivity index (χ0n) is 13.0. The Morgan fingerprint density at radius 2 is 2.00 bits per heavy atom. The fraction of sp³-hybridized carbons (Fsp3) is 0.167. The van der Waals surface area contributed by atoms with E-state index in [1.807, 2.05) is 6.92 Å². The molecule has 6 heteroatoms. The van der Waals surface area contributed by atoms with Gasteiger partial charge in [-0.25, -0.2) is 9.37 Å². The van der Waals surface area contributed by atoms with Crippen molar-refractivity contribution in [1.29, 1.82) is 0 Å². The molecule has 1 unspecified atom stereocenters. The standard InChI is InChI=1S/C18H16FN3O2/c1-11(12-2-4-13(19)5-3-12)8-17(23)22-14-6-7-16-15(9-14)18(24)21-10-20-16/h2-7,9-11H,8H2,1H3,(H,22,23)(H,20,21,24). The number of aromatic nitrogens is 2. The first-order valence-electron chi connectivity index (χ1n) is 7.55. The van der Waals surface area contributed by atoms with Gasteiger partial charge in [-0.2, -0.15) is 0 Å². The van der Waals surface area contributed by atoms with E-state index in [2.05, 4.69) is 15.3 Å². The van der Waals surface area contributed by atoms with E-state index >= 15 is 0 Å². The molecule has 0 aliphatic heterocycles. The first-order chi connectivity index (χ1) is 11.5. The predicted octanol–water partition coefficient (Wildman–Crippen LogP) is 3.19. The summed E-state index contributed by atoms with van der Waals surface area (Å²) in [5.74, 6) is -0.520. The molecular weight excluding hydrogens is 309 g/mol. The minimum atomic E-state index is -0.301. The smallest absolute Gasteiger partial charge is 0.258 e. The summed E-state index contributed by atoms with van der Waals surface area (Å²) in [6.45, 7) is 1.90. The molecule has 0 fully saturated rings. The van der Waals surface area contributed by atoms with Crippen LogP contribution in [-0.2, 0) is 4.79 Å². The Bertz CT molecular complexity index is 935. The van der Waals surface area contributed by atoms with E-state index in [9.17, 15) is 14.0 Å². The molecule has 1 heterocycles. The molecule has 1 atom stereocenters. The highest BCUT2D eigenvalue weighted by atomic mass is 19.1. The Labute approximate surface area is 137 Å². The van der Waals surface area contributed by atoms with Gasteiger partial charge in [-0.3, -0.25) is 9.59 Å². The van der Waals surface area contributed by atoms with Crippen LogP contribution in [-0.4, -0.2) is 15.9 Å². The van der Waals surface area contributed by atoms with Gasteiger partial charge in [0.25, 0.3) is 5.56 Å². The summed E-state index contributed by atoms with van der Waals surface area (Å²) >= 11 is 0. The molecule has 0 radical (unpaired) electrons. The molecule has 0 spiro atoms. The molecule has 2 aromatic carbocycles. The van der Waals surface area contributed by atoms with Crippen LogP contribution in [0.25, 0.3) is 10.9 Å². The van der Waals surface area contributed by atoms with E-state index in [0.717, 1.165) is 5.56 Å². The average Bonchev–Trinajstić information content (AvgIpc) is 2.56. The Morgan fingerprint density at radius 3 is 2.75 bits per heavy atom. The van der Waals surface area contributed by atoms with Crippen molar-refractivity contribution in [3.63, 3.8) is 0 Å². The van der Waals surface area contributed by atoms with Crippen molar-refractivity contribution >= 4 is 22.5 Å². The second kappa shape index (κ2) is 6.62. The lowest BCUT2D eigenvalue weighted by Gasteiger charge is -2.12. The molecule has 0 aliphatic rings. The number of hydrogen-bond acceptors (Lipinski definition) is 3. The van der Waals surface area contributed by atoms with E-state index in [1.165, 1.54) is 18.5 Å². The van der Waals surface area contributed by atoms with Crippen LogP contribution in [0.4, 0.5) is 10.1 Å². The third kappa shape index (κ3) is 3.48. The van der Waals surface area contributed by atoms with E-state index in [4.69, 9.17) is 0 Å². The lowest BCUT2D eigenvalue weighted by Crippen LogP contribution is -2.15. The number of hydrogen-bond donors (Lipinski definition) is 2. The molecule has 0 saturated carbocycles. The summed E-state index contributed by atoms with van der Waals surface area (Å²) < 4.78 is 12.9. The second-order valence-electron chi connectivity index (χ2n) is 5.67. The Morgan fingerprint density at radius 1 is 1.25 bits per heavy atom. The molecule has 1 aromatic heterocycles. The van der Waals surface area contributed by atoms with Gasteiger partial charge in [0.1, 0.15) is 5.82 Å². The highest BCUT2D eigenvalue weighted by Gasteiger charge is 2.12. The number of carbonyl (C=O) groups excluding carboxylic acids is 1. The molecule has 0 bridgehead atoms. The first-order valence-corrected chi connectivity index (χ1v) is 7.55. The summed E-state index contributed by atoms with van der Waals surface area (Å²) in [5, 5.41) is 3.20. The number of halogens is 1. The number of amides is 1. The van der Waals surface area contributed by atoms with E-state index in [0.29, 0.717) is 16.6 Å². The molecule has 0 saturated heterocycles. The number of fused-ring (bicyclic) bond motifs is 1. The fourth-order valence-electron chi connectivity index (χ4n) is 2.55. The zero-order valence-corrected chi connectivity index (χ0v) is 13.0. The lowest BCUT2D eigenvalue weighted by molar-refractivity contribution is -0.116. The van der Waals surface area contributed by atoms with Crippen LogP contribution < -0.4 is 10.9 Å². The Balaban J connectivity index is 1.71. The number of rotatable bonds is 4. The van der Waals surface area contributed by atoms with Gasteiger partial charge in [0.05, 0.1) is 17.2 Å². The lowest BCUT2D eigenvalue weighted by atomic mass is 9.97. The van der Waals surface area contributed by atoms with Crippen molar-refractivity contribution in [2.24, 2.45) is 0 Å². The number of benzene rings is 2. The van der Waals surface area contributed by atoms with Crippen LogP contribution in [0.2, 0.25) is 0 Å². The van der Waals surface area contributed by atoms with Crippen LogP contribution >= 0.6 is 0 Å². The topological polar surface area (TPSA) is 74.8 Å². The molecule has 122 valence electrons. The van der Waals surface area contributed by atoms with Crippen LogP contribution in [0.5, 0.6) is 0 Å². The third-order valence-electron chi connectivity index (χ3n) is 3.85. The monoisotopic (exact) mass is 325 g/mol. The zero-order chi connectivity index (χ0) is 17.1. The molecule has 2 N–H and O–H groups in total. The Hall–Kier alpha value is -3.02. The van der Waals surface area contributed by atoms with E-state index in [-0.39, 0.29) is 29.6 Å². The van der Waals surface area contributed by atoms with Crippen LogP contribution in [0.3, 0.4) is 0 Å². The Kier molecular flexibility index (Phi) is 4.37. The quantitative estimate of drug-likeness (QED) is 0.773. The summed E-state index contributed by atoms with van der Waals surface area (Å²) in [5.41, 5.74) is 1.75. The maximum Gasteiger partial charge on any atom is 0.258 e. The highest BCUT2D eigenvalue weighted by molar-refractivity contribution is 5.93. The molecule has 3 rings (SSSR count). The SMILES string of the molecule is CC(CC(=O)Nc1ccc2nc[nH]c(=O)c2c1)c1ccc(F)cc1. The number of H-pyrrole nitrogens is 1. The molecule has 1 amide bonds. The highest BCUT2D eigenvalue weighted by Crippen LogP contribution is 2.21. The van der Waals surface area contributed by atoms with Gasteiger partial charge >= 0.3 is 0 Å². The minimum Gasteiger partial charge on any atom is -0.326 e. The average molecular weight is 325 g/mol. The van der Waals surface area contributed by atoms with Crippen molar-refractivity contribution < 1.29 is 9.18 Å². The third-order valence-corrected chi connectivity index (χ3v) is 3.85. The fourth-order valence-corrected chi connectivity index (χ4v) is 2.55. The van der Waals surface area contributed by atoms with Gasteiger partial charge in [0.2, 0.25) is 5.91 Å². The molecule has 3 aromatic rings. The normalized spacial score (nSPS) is 12.1.